The molecule has 4 aromatic rings. The van der Waals surface area contributed by atoms with Gasteiger partial charge in [0.25, 0.3) is 0 Å². The average molecular weight is 648 g/mol. The van der Waals surface area contributed by atoms with Crippen molar-refractivity contribution in [1.82, 2.24) is 9.97 Å². The molecule has 0 aliphatic carbocycles. The number of anilines is 1. The molecule has 0 saturated carbocycles. The topological polar surface area (TPSA) is 96.2 Å². The fraction of sp³-hybridized carbons (Fsp3) is 0.500. The normalized spacial score (nSPS) is 12.6. The van der Waals surface area contributed by atoms with E-state index in [1.165, 1.54) is 16.7 Å². The number of aromatic amines is 2. The number of amides is 1. The van der Waals surface area contributed by atoms with Crippen molar-refractivity contribution >= 4 is 22.6 Å². The van der Waals surface area contributed by atoms with Crippen molar-refractivity contribution in [3.8, 4) is 11.5 Å². The Morgan fingerprint density at radius 1 is 0.702 bits per heavy atom. The number of carbonyl (C=O) groups excluding carboxylic acids is 1. The molecule has 1 amide bonds. The quantitative estimate of drug-likeness (QED) is 0.191. The van der Waals surface area contributed by atoms with Crippen LogP contribution in [0.5, 0.6) is 11.5 Å². The maximum absolute atomic E-state index is 11.2. The monoisotopic (exact) mass is 647 g/mol. The number of ether oxygens (including phenoxy) is 2. The molecule has 0 spiro atoms. The number of imidazole rings is 1. The van der Waals surface area contributed by atoms with Crippen molar-refractivity contribution in [2.24, 2.45) is 0 Å². The number of H-pyrrole nitrogens is 2. The van der Waals surface area contributed by atoms with Crippen molar-refractivity contribution < 1.29 is 14.3 Å². The average Bonchev–Trinajstić information content (AvgIpc) is 3.68. The number of para-hydroxylation sites is 1. The van der Waals surface area contributed by atoms with E-state index in [4.69, 9.17) is 9.47 Å². The maximum atomic E-state index is 11.2. The molecule has 1 aromatic heterocycles. The Morgan fingerprint density at radius 3 is 1.91 bits per heavy atom. The predicted molar refractivity (Wildman–Crippen MR) is 200 cm³/mol. The number of fused-ring (bicyclic) bond motifs is 3. The number of hydrogen-bond donors (Lipinski definition) is 3. The number of carbonyl (C=O) groups is 1. The molecule has 260 valence electrons. The van der Waals surface area contributed by atoms with Crippen LogP contribution in [0.2, 0.25) is 0 Å². The van der Waals surface area contributed by atoms with E-state index in [0.717, 1.165) is 40.2 Å². The lowest BCUT2D eigenvalue weighted by atomic mass is 9.86. The highest BCUT2D eigenvalue weighted by Gasteiger charge is 2.20. The molecule has 0 saturated heterocycles. The summed E-state index contributed by atoms with van der Waals surface area (Å²) in [5.41, 5.74) is 8.00. The summed E-state index contributed by atoms with van der Waals surface area (Å²) in [5.74, 6) is 2.39. The van der Waals surface area contributed by atoms with Crippen molar-refractivity contribution in [3.05, 3.63) is 87.3 Å². The van der Waals surface area contributed by atoms with Gasteiger partial charge in [0.2, 0.25) is 12.7 Å². The zero-order chi connectivity index (χ0) is 35.9. The van der Waals surface area contributed by atoms with Crippen LogP contribution >= 0.6 is 0 Å². The summed E-state index contributed by atoms with van der Waals surface area (Å²) in [6.07, 6.45) is 1.51. The molecular weight excluding hydrogens is 586 g/mol. The molecule has 0 radical (unpaired) electrons. The van der Waals surface area contributed by atoms with Crippen LogP contribution in [0.3, 0.4) is 0 Å². The standard InChI is InChI=1S/C12H15NO.C11H14N2O.C11H14O2.3C2H6/c1-8(2)9-4-3-5-11-10(9)6-7-12(14)13-11;1-11(2,3)7-5-4-6-8-9(7)13-10(14)12-8;1-11(2,3)8-4-5-9-10(6-8)13-7-12-9;3*1-2/h3-5,8H,6-7H2,1-2H3,(H,13,14);4-6H,1-3H3,(H2,12,13,14);4-6H,7H2,1-3H3;3*1-2H3. The summed E-state index contributed by atoms with van der Waals surface area (Å²) in [7, 11) is 0. The van der Waals surface area contributed by atoms with Crippen molar-refractivity contribution in [2.45, 2.75) is 127 Å². The summed E-state index contributed by atoms with van der Waals surface area (Å²) in [6, 6.07) is 18.2. The van der Waals surface area contributed by atoms with E-state index < -0.39 is 0 Å². The molecular formula is C40H61N3O4. The molecule has 7 heteroatoms. The van der Waals surface area contributed by atoms with Gasteiger partial charge in [-0.05, 0) is 69.7 Å². The Balaban J connectivity index is 0.000000326. The minimum atomic E-state index is -0.142. The minimum absolute atomic E-state index is 0.0463. The smallest absolute Gasteiger partial charge is 0.323 e. The van der Waals surface area contributed by atoms with E-state index in [1.807, 2.05) is 77.9 Å². The summed E-state index contributed by atoms with van der Waals surface area (Å²) < 4.78 is 10.6. The van der Waals surface area contributed by atoms with E-state index in [1.54, 1.807) is 0 Å². The lowest BCUT2D eigenvalue weighted by Gasteiger charge is -2.21. The number of hydrogen-bond acceptors (Lipinski definition) is 4. The first-order valence-electron chi connectivity index (χ1n) is 17.3. The molecule has 2 aliphatic heterocycles. The van der Waals surface area contributed by atoms with E-state index in [0.29, 0.717) is 19.1 Å². The molecule has 0 unspecified atom stereocenters. The van der Waals surface area contributed by atoms with E-state index in [-0.39, 0.29) is 22.4 Å². The summed E-state index contributed by atoms with van der Waals surface area (Å²) in [5, 5.41) is 2.92. The molecule has 0 atom stereocenters. The van der Waals surface area contributed by atoms with Crippen LogP contribution in [0.25, 0.3) is 11.0 Å². The Bertz CT molecular complexity index is 1580. The first-order valence-corrected chi connectivity index (χ1v) is 17.3. The molecule has 0 fully saturated rings. The fourth-order valence-corrected chi connectivity index (χ4v) is 5.04. The van der Waals surface area contributed by atoms with Gasteiger partial charge in [0.1, 0.15) is 0 Å². The zero-order valence-corrected chi connectivity index (χ0v) is 31.5. The van der Waals surface area contributed by atoms with Gasteiger partial charge in [-0.3, -0.25) is 4.79 Å². The highest BCUT2D eigenvalue weighted by atomic mass is 16.7. The second kappa shape index (κ2) is 19.0. The third-order valence-corrected chi connectivity index (χ3v) is 7.31. The van der Waals surface area contributed by atoms with Gasteiger partial charge in [0.05, 0.1) is 11.0 Å². The zero-order valence-electron chi connectivity index (χ0n) is 31.5. The molecule has 2 aliphatic rings. The first-order chi connectivity index (χ1) is 22.2. The Morgan fingerprint density at radius 2 is 1.32 bits per heavy atom. The second-order valence-electron chi connectivity index (χ2n) is 13.0. The number of benzene rings is 3. The van der Waals surface area contributed by atoms with Gasteiger partial charge in [-0.1, -0.05) is 127 Å². The minimum Gasteiger partial charge on any atom is -0.454 e. The second-order valence-corrected chi connectivity index (χ2v) is 13.0. The molecule has 6 rings (SSSR count). The third-order valence-electron chi connectivity index (χ3n) is 7.31. The van der Waals surface area contributed by atoms with Crippen molar-refractivity contribution in [1.29, 1.82) is 0 Å². The lowest BCUT2D eigenvalue weighted by molar-refractivity contribution is -0.116. The van der Waals surface area contributed by atoms with Crippen LogP contribution in [0.15, 0.2) is 59.4 Å². The molecule has 3 N–H and O–H groups in total. The van der Waals surface area contributed by atoms with E-state index in [2.05, 4.69) is 88.9 Å². The maximum Gasteiger partial charge on any atom is 0.323 e. The van der Waals surface area contributed by atoms with Gasteiger partial charge >= 0.3 is 5.69 Å². The van der Waals surface area contributed by atoms with Crippen LogP contribution in [0.4, 0.5) is 5.69 Å². The summed E-state index contributed by atoms with van der Waals surface area (Å²) in [6.45, 7) is 29.7. The highest BCUT2D eigenvalue weighted by molar-refractivity contribution is 5.94. The van der Waals surface area contributed by atoms with Gasteiger partial charge in [-0.25, -0.2) is 4.79 Å². The summed E-state index contributed by atoms with van der Waals surface area (Å²) in [4.78, 5) is 27.9. The number of rotatable bonds is 1. The van der Waals surface area contributed by atoms with Gasteiger partial charge in [-0.2, -0.15) is 0 Å². The van der Waals surface area contributed by atoms with Gasteiger partial charge in [0.15, 0.2) is 11.5 Å². The van der Waals surface area contributed by atoms with Crippen LogP contribution in [0.1, 0.15) is 132 Å². The van der Waals surface area contributed by atoms with Gasteiger partial charge in [-0.15, -0.1) is 0 Å². The highest BCUT2D eigenvalue weighted by Crippen LogP contribution is 2.36. The number of aromatic nitrogens is 2. The van der Waals surface area contributed by atoms with Crippen molar-refractivity contribution in [2.75, 3.05) is 12.1 Å². The number of nitrogens with one attached hydrogen (secondary N) is 3. The van der Waals surface area contributed by atoms with Gasteiger partial charge < -0.3 is 24.8 Å². The van der Waals surface area contributed by atoms with Crippen LogP contribution < -0.4 is 20.5 Å². The Kier molecular flexibility index (Phi) is 16.6. The summed E-state index contributed by atoms with van der Waals surface area (Å²) >= 11 is 0. The molecule has 3 heterocycles. The SMILES string of the molecule is CC.CC.CC.CC(C)(C)c1ccc2c(c1)OCO2.CC(C)(C)c1cccc2[nH]c(=O)[nH]c12.CC(C)c1cccc2c1CCC(=O)N2. The van der Waals surface area contributed by atoms with E-state index in [9.17, 15) is 9.59 Å². The largest absolute Gasteiger partial charge is 0.454 e. The van der Waals surface area contributed by atoms with Crippen LogP contribution in [-0.2, 0) is 22.0 Å². The molecule has 7 nitrogen and oxygen atoms in total. The van der Waals surface area contributed by atoms with E-state index >= 15 is 0 Å². The van der Waals surface area contributed by atoms with Crippen LogP contribution in [0, 0.1) is 0 Å². The van der Waals surface area contributed by atoms with Crippen molar-refractivity contribution in [3.63, 3.8) is 0 Å². The Labute approximate surface area is 283 Å². The van der Waals surface area contributed by atoms with Crippen LogP contribution in [-0.4, -0.2) is 22.7 Å². The van der Waals surface area contributed by atoms with Gasteiger partial charge in [0, 0.05) is 12.1 Å². The Hall–Kier alpha value is -4.00. The molecule has 47 heavy (non-hydrogen) atoms. The predicted octanol–water partition coefficient (Wildman–Crippen LogP) is 10.6. The molecule has 0 bridgehead atoms. The third kappa shape index (κ3) is 11.6. The lowest BCUT2D eigenvalue weighted by Crippen LogP contribution is -2.20. The molecule has 3 aromatic carbocycles. The first kappa shape index (κ1) is 41.0. The fourth-order valence-electron chi connectivity index (χ4n) is 5.04.